The van der Waals surface area contributed by atoms with Gasteiger partial charge in [0.05, 0.1) is 11.2 Å². The molecule has 0 saturated carbocycles. The Bertz CT molecular complexity index is 419. The van der Waals surface area contributed by atoms with Gasteiger partial charge in [-0.25, -0.2) is 4.98 Å². The number of halogens is 2. The molecule has 0 aromatic carbocycles. The van der Waals surface area contributed by atoms with Crippen LogP contribution in [0.4, 0.5) is 0 Å². The van der Waals surface area contributed by atoms with Crippen LogP contribution in [0.5, 0.6) is 0 Å². The lowest BCUT2D eigenvalue weighted by molar-refractivity contribution is 0.0937. The third kappa shape index (κ3) is 6.96. The summed E-state index contributed by atoms with van der Waals surface area (Å²) >= 11 is 1.40. The Morgan fingerprint density at radius 2 is 2.05 bits per heavy atom. The van der Waals surface area contributed by atoms with Crippen molar-refractivity contribution in [2.24, 2.45) is 5.73 Å². The zero-order valence-corrected chi connectivity index (χ0v) is 15.6. The average Bonchev–Trinajstić information content (AvgIpc) is 2.83. The van der Waals surface area contributed by atoms with Crippen LogP contribution < -0.4 is 11.1 Å². The van der Waals surface area contributed by atoms with Gasteiger partial charge in [0.25, 0.3) is 5.91 Å². The van der Waals surface area contributed by atoms with Gasteiger partial charge in [-0.15, -0.1) is 36.2 Å². The van der Waals surface area contributed by atoms with Crippen LogP contribution in [0.2, 0.25) is 0 Å². The highest BCUT2D eigenvalue weighted by Gasteiger charge is 2.25. The van der Waals surface area contributed by atoms with Crippen molar-refractivity contribution >= 4 is 42.1 Å². The molecule has 0 aliphatic heterocycles. The van der Waals surface area contributed by atoms with Gasteiger partial charge in [-0.1, -0.05) is 40.5 Å². The van der Waals surface area contributed by atoms with E-state index in [-0.39, 0.29) is 42.2 Å². The van der Waals surface area contributed by atoms with E-state index < -0.39 is 0 Å². The van der Waals surface area contributed by atoms with E-state index in [0.717, 1.165) is 25.0 Å². The van der Waals surface area contributed by atoms with Crippen molar-refractivity contribution in [1.82, 2.24) is 10.3 Å². The molecule has 1 aromatic rings. The molecule has 0 bridgehead atoms. The van der Waals surface area contributed by atoms with Crippen LogP contribution in [0, 0.1) is 0 Å². The third-order valence-electron chi connectivity index (χ3n) is 3.01. The van der Waals surface area contributed by atoms with Crippen molar-refractivity contribution in [3.05, 3.63) is 16.1 Å². The molecule has 0 spiro atoms. The fourth-order valence-electron chi connectivity index (χ4n) is 1.89. The van der Waals surface area contributed by atoms with E-state index in [4.69, 9.17) is 5.73 Å². The largest absolute Gasteiger partial charge is 0.347 e. The summed E-state index contributed by atoms with van der Waals surface area (Å²) in [5, 5.41) is 3.02. The number of carbonyl (C=O) groups is 1. The highest BCUT2D eigenvalue weighted by molar-refractivity contribution is 7.11. The molecule has 4 nitrogen and oxygen atoms in total. The molecule has 1 rings (SSSR count). The number of carbonyl (C=O) groups excluding carboxylic acids is 1. The number of nitrogens with two attached hydrogens (primary N) is 1. The fraction of sp³-hybridized carbons (Fsp3) is 0.714. The molecular weight excluding hydrogens is 329 g/mol. The second kappa shape index (κ2) is 10.4. The quantitative estimate of drug-likeness (QED) is 0.819. The number of nitrogens with zero attached hydrogens (tertiary/aromatic N) is 1. The number of unbranched alkanes of at least 4 members (excludes halogenated alkanes) is 1. The molecule has 0 aliphatic carbocycles. The summed E-state index contributed by atoms with van der Waals surface area (Å²) in [6, 6.07) is 0.0577. The van der Waals surface area contributed by atoms with Crippen molar-refractivity contribution in [3.8, 4) is 0 Å². The first kappa shape index (κ1) is 22.9. The Balaban J connectivity index is 0. The molecule has 1 amide bonds. The maximum absolute atomic E-state index is 12.3. The average molecular weight is 356 g/mol. The van der Waals surface area contributed by atoms with Crippen LogP contribution in [0.1, 0.15) is 62.3 Å². The monoisotopic (exact) mass is 355 g/mol. The molecule has 7 heteroatoms. The Labute approximate surface area is 144 Å². The minimum Gasteiger partial charge on any atom is -0.347 e. The number of aromatic nitrogens is 1. The number of nitrogens with one attached hydrogen (secondary N) is 1. The molecule has 0 saturated heterocycles. The zero-order chi connectivity index (χ0) is 14.5. The molecule has 0 radical (unpaired) electrons. The maximum Gasteiger partial charge on any atom is 0.263 e. The molecule has 1 heterocycles. The van der Waals surface area contributed by atoms with Crippen LogP contribution in [0.3, 0.4) is 0 Å². The number of hydrogen-bond donors (Lipinski definition) is 2. The van der Waals surface area contributed by atoms with Crippen molar-refractivity contribution in [3.63, 3.8) is 0 Å². The Morgan fingerprint density at radius 1 is 1.43 bits per heavy atom. The molecule has 124 valence electrons. The Hall–Kier alpha value is -0.360. The minimum atomic E-state index is -0.117. The van der Waals surface area contributed by atoms with Crippen molar-refractivity contribution in [1.29, 1.82) is 0 Å². The first-order chi connectivity index (χ1) is 8.90. The standard InChI is InChI=1S/C14H25N3OS.2ClH/c1-5-6-7-10(8-15)17-13(18)11-12(14(2,3)4)16-9-19-11;;/h9-10H,5-8,15H2,1-4H3,(H,17,18);2*1H. The highest BCUT2D eigenvalue weighted by Crippen LogP contribution is 2.27. The van der Waals surface area contributed by atoms with E-state index in [2.05, 4.69) is 38.0 Å². The van der Waals surface area contributed by atoms with Crippen molar-refractivity contribution in [2.75, 3.05) is 6.54 Å². The van der Waals surface area contributed by atoms with Gasteiger partial charge in [0.2, 0.25) is 0 Å². The first-order valence-corrected chi connectivity index (χ1v) is 7.73. The Morgan fingerprint density at radius 3 is 2.52 bits per heavy atom. The van der Waals surface area contributed by atoms with Gasteiger partial charge < -0.3 is 11.1 Å². The molecule has 0 fully saturated rings. The molecule has 3 N–H and O–H groups in total. The van der Waals surface area contributed by atoms with Crippen LogP contribution >= 0.6 is 36.2 Å². The van der Waals surface area contributed by atoms with Gasteiger partial charge in [-0.3, -0.25) is 4.79 Å². The topological polar surface area (TPSA) is 68.0 Å². The molecular formula is C14H27Cl2N3OS. The number of thiazole rings is 1. The van der Waals surface area contributed by atoms with E-state index in [1.165, 1.54) is 11.3 Å². The van der Waals surface area contributed by atoms with Crippen molar-refractivity contribution < 1.29 is 4.79 Å². The van der Waals surface area contributed by atoms with E-state index in [0.29, 0.717) is 11.4 Å². The molecule has 1 atom stereocenters. The van der Waals surface area contributed by atoms with Gasteiger partial charge >= 0.3 is 0 Å². The number of rotatable bonds is 6. The lowest BCUT2D eigenvalue weighted by Crippen LogP contribution is -2.40. The van der Waals surface area contributed by atoms with E-state index in [1.807, 2.05) is 0 Å². The lowest BCUT2D eigenvalue weighted by atomic mass is 9.91. The predicted molar refractivity (Wildman–Crippen MR) is 95.1 cm³/mol. The van der Waals surface area contributed by atoms with Crippen molar-refractivity contribution in [2.45, 2.75) is 58.4 Å². The summed E-state index contributed by atoms with van der Waals surface area (Å²) in [5.74, 6) is -0.0426. The van der Waals surface area contributed by atoms with Gasteiger partial charge in [-0.05, 0) is 6.42 Å². The van der Waals surface area contributed by atoms with E-state index in [1.54, 1.807) is 5.51 Å². The summed E-state index contributed by atoms with van der Waals surface area (Å²) in [7, 11) is 0. The second-order valence-corrected chi connectivity index (χ2v) is 6.68. The maximum atomic E-state index is 12.3. The predicted octanol–water partition coefficient (Wildman–Crippen LogP) is 3.53. The molecule has 21 heavy (non-hydrogen) atoms. The molecule has 1 unspecified atom stereocenters. The second-order valence-electron chi connectivity index (χ2n) is 5.83. The smallest absolute Gasteiger partial charge is 0.263 e. The van der Waals surface area contributed by atoms with Gasteiger partial charge in [0.1, 0.15) is 4.88 Å². The van der Waals surface area contributed by atoms with Gasteiger partial charge in [0.15, 0.2) is 0 Å². The Kier molecular flexibility index (Phi) is 11.3. The summed E-state index contributed by atoms with van der Waals surface area (Å²) in [5.41, 5.74) is 8.19. The first-order valence-electron chi connectivity index (χ1n) is 6.85. The summed E-state index contributed by atoms with van der Waals surface area (Å²) in [6.45, 7) is 8.81. The van der Waals surface area contributed by atoms with Crippen LogP contribution in [-0.4, -0.2) is 23.5 Å². The summed E-state index contributed by atoms with van der Waals surface area (Å²) < 4.78 is 0. The summed E-state index contributed by atoms with van der Waals surface area (Å²) in [4.78, 5) is 17.4. The molecule has 1 aromatic heterocycles. The van der Waals surface area contributed by atoms with E-state index in [9.17, 15) is 4.79 Å². The minimum absolute atomic E-state index is 0. The van der Waals surface area contributed by atoms with E-state index >= 15 is 0 Å². The van der Waals surface area contributed by atoms with Gasteiger partial charge in [0, 0.05) is 18.0 Å². The highest BCUT2D eigenvalue weighted by atomic mass is 35.5. The van der Waals surface area contributed by atoms with Crippen LogP contribution in [0.15, 0.2) is 5.51 Å². The van der Waals surface area contributed by atoms with Gasteiger partial charge in [-0.2, -0.15) is 0 Å². The van der Waals surface area contributed by atoms with Crippen LogP contribution in [0.25, 0.3) is 0 Å². The SMILES string of the molecule is CCCCC(CN)NC(=O)c1scnc1C(C)(C)C.Cl.Cl. The summed E-state index contributed by atoms with van der Waals surface area (Å²) in [6.07, 6.45) is 3.12. The normalized spacial score (nSPS) is 12.0. The number of hydrogen-bond acceptors (Lipinski definition) is 4. The lowest BCUT2D eigenvalue weighted by Gasteiger charge is -2.20. The van der Waals surface area contributed by atoms with Crippen LogP contribution in [-0.2, 0) is 5.41 Å². The fourth-order valence-corrected chi connectivity index (χ4v) is 2.79. The number of amides is 1. The molecule has 0 aliphatic rings. The zero-order valence-electron chi connectivity index (χ0n) is 13.1. The third-order valence-corrected chi connectivity index (χ3v) is 3.84.